The highest BCUT2D eigenvalue weighted by Crippen LogP contribution is 2.18. The molecule has 1 aliphatic rings. The van der Waals surface area contributed by atoms with Crippen LogP contribution in [0.1, 0.15) is 32.3 Å². The third kappa shape index (κ3) is 4.30. The van der Waals surface area contributed by atoms with Crippen LogP contribution in [0.15, 0.2) is 28.7 Å². The quantitative estimate of drug-likeness (QED) is 0.904. The molecule has 2 atom stereocenters. The second-order valence-electron chi connectivity index (χ2n) is 5.61. The molecule has 0 radical (unpaired) electrons. The Morgan fingerprint density at radius 1 is 1.38 bits per heavy atom. The van der Waals surface area contributed by atoms with Crippen LogP contribution in [0, 0.1) is 0 Å². The fourth-order valence-corrected chi connectivity index (χ4v) is 3.04. The molecular formula is C16H21BrN2O2. The summed E-state index contributed by atoms with van der Waals surface area (Å²) in [6, 6.07) is 7.84. The number of rotatable bonds is 4. The summed E-state index contributed by atoms with van der Waals surface area (Å²) in [6.07, 6.45) is 2.45. The second-order valence-corrected chi connectivity index (χ2v) is 6.53. The zero-order valence-corrected chi connectivity index (χ0v) is 14.0. The average Bonchev–Trinajstić information content (AvgIpc) is 2.91. The molecule has 0 bridgehead atoms. The minimum atomic E-state index is -0.296. The van der Waals surface area contributed by atoms with E-state index in [1.54, 1.807) is 4.90 Å². The number of carbonyl (C=O) groups is 2. The Morgan fingerprint density at radius 2 is 2.05 bits per heavy atom. The molecule has 2 rings (SSSR count). The smallest absolute Gasteiger partial charge is 0.243 e. The number of nitrogens with one attached hydrogen (secondary N) is 1. The highest BCUT2D eigenvalue weighted by atomic mass is 79.9. The van der Waals surface area contributed by atoms with E-state index >= 15 is 0 Å². The first-order valence-corrected chi connectivity index (χ1v) is 8.08. The van der Waals surface area contributed by atoms with Gasteiger partial charge in [0, 0.05) is 24.0 Å². The lowest BCUT2D eigenvalue weighted by atomic mass is 10.1. The standard InChI is InChI=1S/C16H21BrN2O2/c1-11(10-13-5-7-14(17)8-6-13)18-16(21)15-4-3-9-19(15)12(2)20/h5-8,11,15H,3-4,9-10H2,1-2H3,(H,18,21)/t11-,15+/m1/s1. The highest BCUT2D eigenvalue weighted by molar-refractivity contribution is 9.10. The molecule has 1 N–H and O–H groups in total. The van der Waals surface area contributed by atoms with E-state index in [1.807, 2.05) is 31.2 Å². The molecule has 0 spiro atoms. The summed E-state index contributed by atoms with van der Waals surface area (Å²) in [5.41, 5.74) is 1.18. The van der Waals surface area contributed by atoms with Crippen LogP contribution in [-0.4, -0.2) is 35.3 Å². The molecule has 5 heteroatoms. The predicted molar refractivity (Wildman–Crippen MR) is 85.9 cm³/mol. The third-order valence-corrected chi connectivity index (χ3v) is 4.33. The van der Waals surface area contributed by atoms with Gasteiger partial charge in [0.25, 0.3) is 0 Å². The number of hydrogen-bond donors (Lipinski definition) is 1. The topological polar surface area (TPSA) is 49.4 Å². The molecular weight excluding hydrogens is 332 g/mol. The van der Waals surface area contributed by atoms with E-state index in [-0.39, 0.29) is 23.9 Å². The van der Waals surface area contributed by atoms with Gasteiger partial charge in [-0.25, -0.2) is 0 Å². The maximum Gasteiger partial charge on any atom is 0.243 e. The molecule has 1 aromatic carbocycles. The summed E-state index contributed by atoms with van der Waals surface area (Å²) in [5.74, 6) is -0.0551. The summed E-state index contributed by atoms with van der Waals surface area (Å²) in [5, 5.41) is 3.03. The molecule has 1 aliphatic heterocycles. The molecule has 0 aliphatic carbocycles. The van der Waals surface area contributed by atoms with Crippen LogP contribution in [0.5, 0.6) is 0 Å². The van der Waals surface area contributed by atoms with E-state index in [0.29, 0.717) is 6.54 Å². The average molecular weight is 353 g/mol. The van der Waals surface area contributed by atoms with Crippen molar-refractivity contribution in [2.24, 2.45) is 0 Å². The lowest BCUT2D eigenvalue weighted by Crippen LogP contribution is -2.48. The zero-order valence-electron chi connectivity index (χ0n) is 12.4. The van der Waals surface area contributed by atoms with Crippen LogP contribution in [0.25, 0.3) is 0 Å². The Bertz CT molecular complexity index is 516. The first-order valence-electron chi connectivity index (χ1n) is 7.29. The summed E-state index contributed by atoms with van der Waals surface area (Å²) in [6.45, 7) is 4.21. The number of hydrogen-bond acceptors (Lipinski definition) is 2. The summed E-state index contributed by atoms with van der Waals surface area (Å²) in [7, 11) is 0. The molecule has 114 valence electrons. The zero-order chi connectivity index (χ0) is 15.4. The lowest BCUT2D eigenvalue weighted by Gasteiger charge is -2.24. The van der Waals surface area contributed by atoms with Crippen LogP contribution in [0.3, 0.4) is 0 Å². The van der Waals surface area contributed by atoms with Crippen LogP contribution < -0.4 is 5.32 Å². The molecule has 1 saturated heterocycles. The van der Waals surface area contributed by atoms with E-state index in [1.165, 1.54) is 12.5 Å². The van der Waals surface area contributed by atoms with E-state index in [2.05, 4.69) is 21.2 Å². The summed E-state index contributed by atoms with van der Waals surface area (Å²) in [4.78, 5) is 25.5. The Hall–Kier alpha value is -1.36. The Labute approximate surface area is 134 Å². The number of halogens is 1. The molecule has 1 fully saturated rings. The van der Waals surface area contributed by atoms with Gasteiger partial charge in [-0.1, -0.05) is 28.1 Å². The minimum Gasteiger partial charge on any atom is -0.352 e. The fourth-order valence-electron chi connectivity index (χ4n) is 2.78. The van der Waals surface area contributed by atoms with Crippen molar-refractivity contribution in [1.82, 2.24) is 10.2 Å². The molecule has 21 heavy (non-hydrogen) atoms. The highest BCUT2D eigenvalue weighted by Gasteiger charge is 2.32. The molecule has 0 aromatic heterocycles. The van der Waals surface area contributed by atoms with E-state index < -0.39 is 0 Å². The van der Waals surface area contributed by atoms with E-state index in [9.17, 15) is 9.59 Å². The molecule has 0 saturated carbocycles. The summed E-state index contributed by atoms with van der Waals surface area (Å²) < 4.78 is 1.05. The largest absolute Gasteiger partial charge is 0.352 e. The van der Waals surface area contributed by atoms with E-state index in [4.69, 9.17) is 0 Å². The number of benzene rings is 1. The Kier molecular flexibility index (Phi) is 5.39. The van der Waals surface area contributed by atoms with Crippen LogP contribution >= 0.6 is 15.9 Å². The summed E-state index contributed by atoms with van der Waals surface area (Å²) >= 11 is 3.41. The number of amides is 2. The van der Waals surface area contributed by atoms with Gasteiger partial charge >= 0.3 is 0 Å². The van der Waals surface area contributed by atoms with Crippen molar-refractivity contribution in [3.8, 4) is 0 Å². The molecule has 1 heterocycles. The van der Waals surface area contributed by atoms with Crippen molar-refractivity contribution in [2.45, 2.75) is 45.2 Å². The van der Waals surface area contributed by atoms with Gasteiger partial charge in [-0.3, -0.25) is 9.59 Å². The molecule has 0 unspecified atom stereocenters. The SMILES string of the molecule is CC(=O)N1CCC[C@H]1C(=O)N[C@H](C)Cc1ccc(Br)cc1. The maximum atomic E-state index is 12.3. The Morgan fingerprint density at radius 3 is 2.67 bits per heavy atom. The van der Waals surface area contributed by atoms with Crippen LogP contribution in [-0.2, 0) is 16.0 Å². The van der Waals surface area contributed by atoms with Gasteiger partial charge in [0.15, 0.2) is 0 Å². The number of nitrogens with zero attached hydrogens (tertiary/aromatic N) is 1. The second kappa shape index (κ2) is 7.07. The van der Waals surface area contributed by atoms with Crippen molar-refractivity contribution in [3.05, 3.63) is 34.3 Å². The normalized spacial score (nSPS) is 19.4. The van der Waals surface area contributed by atoms with Gasteiger partial charge in [0.2, 0.25) is 11.8 Å². The van der Waals surface area contributed by atoms with E-state index in [0.717, 1.165) is 23.7 Å². The van der Waals surface area contributed by atoms with Gasteiger partial charge in [0.05, 0.1) is 0 Å². The third-order valence-electron chi connectivity index (χ3n) is 3.80. The predicted octanol–water partition coefficient (Wildman–Crippen LogP) is 2.51. The van der Waals surface area contributed by atoms with Crippen LogP contribution in [0.4, 0.5) is 0 Å². The maximum absolute atomic E-state index is 12.3. The fraction of sp³-hybridized carbons (Fsp3) is 0.500. The monoisotopic (exact) mass is 352 g/mol. The first kappa shape index (κ1) is 16.0. The number of carbonyl (C=O) groups excluding carboxylic acids is 2. The van der Waals surface area contributed by atoms with Crippen molar-refractivity contribution < 1.29 is 9.59 Å². The van der Waals surface area contributed by atoms with Crippen molar-refractivity contribution >= 4 is 27.7 Å². The van der Waals surface area contributed by atoms with Gasteiger partial charge in [-0.15, -0.1) is 0 Å². The van der Waals surface area contributed by atoms with Gasteiger partial charge < -0.3 is 10.2 Å². The molecule has 4 nitrogen and oxygen atoms in total. The lowest BCUT2D eigenvalue weighted by molar-refractivity contribution is -0.137. The van der Waals surface area contributed by atoms with Crippen LogP contribution in [0.2, 0.25) is 0 Å². The number of likely N-dealkylation sites (tertiary alicyclic amines) is 1. The van der Waals surface area contributed by atoms with Crippen molar-refractivity contribution in [2.75, 3.05) is 6.54 Å². The van der Waals surface area contributed by atoms with Crippen molar-refractivity contribution in [1.29, 1.82) is 0 Å². The minimum absolute atomic E-state index is 0.0202. The molecule has 1 aromatic rings. The Balaban J connectivity index is 1.90. The first-order chi connectivity index (χ1) is 9.97. The van der Waals surface area contributed by atoms with Gasteiger partial charge in [-0.05, 0) is 43.9 Å². The van der Waals surface area contributed by atoms with Gasteiger partial charge in [-0.2, -0.15) is 0 Å². The van der Waals surface area contributed by atoms with Crippen molar-refractivity contribution in [3.63, 3.8) is 0 Å². The van der Waals surface area contributed by atoms with Gasteiger partial charge in [0.1, 0.15) is 6.04 Å². The molecule has 2 amide bonds.